The lowest BCUT2D eigenvalue weighted by molar-refractivity contribution is 0.507. The molecule has 1 aromatic rings. The van der Waals surface area contributed by atoms with E-state index in [1.54, 1.807) is 18.4 Å². The Morgan fingerprint density at radius 3 is 1.80 bits per heavy atom. The molecule has 0 N–H and O–H groups in total. The van der Waals surface area contributed by atoms with Gasteiger partial charge < -0.3 is 4.74 Å². The van der Waals surface area contributed by atoms with Gasteiger partial charge in [-0.1, -0.05) is 52.8 Å². The molecule has 0 saturated heterocycles. The van der Waals surface area contributed by atoms with Crippen LogP contribution in [0.15, 0.2) is 30.3 Å². The Morgan fingerprint density at radius 1 is 1.07 bits per heavy atom. The van der Waals surface area contributed by atoms with Crippen molar-refractivity contribution in [2.75, 3.05) is 0 Å². The number of hydrogen-bond donors (Lipinski definition) is 0. The molecule has 2 heteroatoms. The summed E-state index contributed by atoms with van der Waals surface area (Å²) in [5.41, 5.74) is 0. The molecule has 15 heavy (non-hydrogen) atoms. The van der Waals surface area contributed by atoms with E-state index in [9.17, 15) is 0 Å². The summed E-state index contributed by atoms with van der Waals surface area (Å²) in [5, 5.41) is 8.05. The van der Waals surface area contributed by atoms with Crippen molar-refractivity contribution in [3.63, 3.8) is 0 Å². The molecular weight excluding hydrogens is 186 g/mol. The van der Waals surface area contributed by atoms with E-state index < -0.39 is 0 Å². The highest BCUT2D eigenvalue weighted by molar-refractivity contribution is 5.21. The summed E-state index contributed by atoms with van der Waals surface area (Å²) < 4.78 is 4.51. The molecule has 0 saturated carbocycles. The van der Waals surface area contributed by atoms with Crippen LogP contribution in [0.2, 0.25) is 0 Å². The second kappa shape index (κ2) is 12.5. The number of benzene rings is 1. The van der Waals surface area contributed by atoms with E-state index in [1.807, 2.05) is 32.0 Å². The molecule has 0 spiro atoms. The van der Waals surface area contributed by atoms with Gasteiger partial charge in [-0.05, 0) is 18.1 Å². The van der Waals surface area contributed by atoms with E-state index in [1.165, 1.54) is 0 Å². The standard InChI is InChI=1S/C7H5NO.C4H10.C2H6/c8-6-9-7-4-2-1-3-5-7;1-4(2)3;1-2/h1-5H;4H,1-3H3;1-2H3. The fourth-order valence-electron chi connectivity index (χ4n) is 0.541. The average molecular weight is 207 g/mol. The molecule has 0 aliphatic rings. The molecule has 0 aliphatic heterocycles. The van der Waals surface area contributed by atoms with Crippen molar-refractivity contribution in [3.8, 4) is 12.0 Å². The monoisotopic (exact) mass is 207 g/mol. The number of rotatable bonds is 1. The lowest BCUT2D eigenvalue weighted by atomic mass is 10.3. The van der Waals surface area contributed by atoms with E-state index in [2.05, 4.69) is 25.5 Å². The predicted octanol–water partition coefficient (Wildman–Crippen LogP) is 4.23. The molecule has 0 radical (unpaired) electrons. The maximum Gasteiger partial charge on any atom is 0.292 e. The van der Waals surface area contributed by atoms with E-state index in [-0.39, 0.29) is 0 Å². The number of nitriles is 1. The molecular formula is C13H21NO. The molecule has 0 atom stereocenters. The van der Waals surface area contributed by atoms with Crippen LogP contribution in [0.4, 0.5) is 0 Å². The molecule has 1 aromatic carbocycles. The summed E-state index contributed by atoms with van der Waals surface area (Å²) in [6, 6.07) is 8.94. The number of hydrogen-bond acceptors (Lipinski definition) is 2. The minimum absolute atomic E-state index is 0.583. The predicted molar refractivity (Wildman–Crippen MR) is 64.5 cm³/mol. The Kier molecular flexibility index (Phi) is 13.3. The van der Waals surface area contributed by atoms with Gasteiger partial charge >= 0.3 is 0 Å². The summed E-state index contributed by atoms with van der Waals surface area (Å²) >= 11 is 0. The van der Waals surface area contributed by atoms with Gasteiger partial charge in [-0.2, -0.15) is 0 Å². The fourth-order valence-corrected chi connectivity index (χ4v) is 0.541. The van der Waals surface area contributed by atoms with E-state index in [0.717, 1.165) is 5.92 Å². The SMILES string of the molecule is CC.CC(C)C.N#COc1ccccc1. The zero-order valence-electron chi connectivity index (χ0n) is 10.3. The third-order valence-electron chi connectivity index (χ3n) is 0.907. The molecule has 0 fully saturated rings. The van der Waals surface area contributed by atoms with Gasteiger partial charge in [0.05, 0.1) is 0 Å². The Balaban J connectivity index is 0. The second-order valence-corrected chi connectivity index (χ2v) is 3.24. The number of ether oxygens (including phenoxy) is 1. The van der Waals surface area contributed by atoms with Crippen molar-refractivity contribution in [1.29, 1.82) is 5.26 Å². The number of nitrogens with zero attached hydrogens (tertiary/aromatic N) is 1. The summed E-state index contributed by atoms with van der Waals surface area (Å²) in [4.78, 5) is 0. The third kappa shape index (κ3) is 15.3. The summed E-state index contributed by atoms with van der Waals surface area (Å²) in [5.74, 6) is 1.42. The van der Waals surface area contributed by atoms with Crippen LogP contribution >= 0.6 is 0 Å². The Morgan fingerprint density at radius 2 is 1.47 bits per heavy atom. The maximum absolute atomic E-state index is 8.05. The van der Waals surface area contributed by atoms with Gasteiger partial charge in [-0.3, -0.25) is 0 Å². The van der Waals surface area contributed by atoms with E-state index in [0.29, 0.717) is 5.75 Å². The van der Waals surface area contributed by atoms with Crippen LogP contribution in [0.3, 0.4) is 0 Å². The minimum Gasteiger partial charge on any atom is -0.388 e. The average Bonchev–Trinajstić information content (AvgIpc) is 2.22. The van der Waals surface area contributed by atoms with Gasteiger partial charge in [0.1, 0.15) is 5.75 Å². The van der Waals surface area contributed by atoms with Gasteiger partial charge in [0.25, 0.3) is 6.26 Å². The van der Waals surface area contributed by atoms with Gasteiger partial charge in [0.15, 0.2) is 0 Å². The molecule has 0 bridgehead atoms. The fraction of sp³-hybridized carbons (Fsp3) is 0.462. The van der Waals surface area contributed by atoms with Gasteiger partial charge in [-0.15, -0.1) is 5.26 Å². The van der Waals surface area contributed by atoms with E-state index in [4.69, 9.17) is 5.26 Å². The first kappa shape index (κ1) is 16.0. The van der Waals surface area contributed by atoms with Crippen LogP contribution in [0.5, 0.6) is 5.75 Å². The van der Waals surface area contributed by atoms with Crippen LogP contribution < -0.4 is 4.74 Å². The van der Waals surface area contributed by atoms with Crippen LogP contribution in [0.1, 0.15) is 34.6 Å². The van der Waals surface area contributed by atoms with Gasteiger partial charge in [0.2, 0.25) is 0 Å². The first-order chi connectivity index (χ1) is 7.16. The lowest BCUT2D eigenvalue weighted by Crippen LogP contribution is -1.78. The van der Waals surface area contributed by atoms with Crippen LogP contribution in [-0.2, 0) is 0 Å². The maximum atomic E-state index is 8.05. The first-order valence-corrected chi connectivity index (χ1v) is 5.27. The van der Waals surface area contributed by atoms with Crippen molar-refractivity contribution < 1.29 is 4.74 Å². The van der Waals surface area contributed by atoms with Gasteiger partial charge in [-0.25, -0.2) is 0 Å². The molecule has 0 aliphatic carbocycles. The molecule has 84 valence electrons. The van der Waals surface area contributed by atoms with Crippen molar-refractivity contribution in [1.82, 2.24) is 0 Å². The Hall–Kier alpha value is -1.49. The van der Waals surface area contributed by atoms with Crippen molar-refractivity contribution in [2.45, 2.75) is 34.6 Å². The van der Waals surface area contributed by atoms with E-state index >= 15 is 0 Å². The highest BCUT2D eigenvalue weighted by atomic mass is 16.5. The topological polar surface area (TPSA) is 33.0 Å². The summed E-state index contributed by atoms with van der Waals surface area (Å²) in [6.45, 7) is 10.5. The van der Waals surface area contributed by atoms with Crippen LogP contribution in [0, 0.1) is 17.4 Å². The summed E-state index contributed by atoms with van der Waals surface area (Å²) in [6.07, 6.45) is 1.58. The van der Waals surface area contributed by atoms with Crippen LogP contribution in [0.25, 0.3) is 0 Å². The summed E-state index contributed by atoms with van der Waals surface area (Å²) in [7, 11) is 0. The quantitative estimate of drug-likeness (QED) is 0.645. The van der Waals surface area contributed by atoms with Crippen molar-refractivity contribution >= 4 is 0 Å². The number of para-hydroxylation sites is 1. The Bertz CT molecular complexity index is 246. The normalized spacial score (nSPS) is 7.53. The van der Waals surface area contributed by atoms with Gasteiger partial charge in [0, 0.05) is 0 Å². The third-order valence-corrected chi connectivity index (χ3v) is 0.907. The zero-order valence-corrected chi connectivity index (χ0v) is 10.3. The smallest absolute Gasteiger partial charge is 0.292 e. The van der Waals surface area contributed by atoms with Crippen molar-refractivity contribution in [3.05, 3.63) is 30.3 Å². The second-order valence-electron chi connectivity index (χ2n) is 3.24. The highest BCUT2D eigenvalue weighted by Crippen LogP contribution is 2.06. The largest absolute Gasteiger partial charge is 0.388 e. The van der Waals surface area contributed by atoms with Crippen molar-refractivity contribution in [2.24, 2.45) is 5.92 Å². The lowest BCUT2D eigenvalue weighted by Gasteiger charge is -1.89. The highest BCUT2D eigenvalue weighted by Gasteiger charge is 1.84. The molecule has 0 aromatic heterocycles. The minimum atomic E-state index is 0.583. The molecule has 2 nitrogen and oxygen atoms in total. The molecule has 0 unspecified atom stereocenters. The molecule has 1 rings (SSSR count). The molecule has 0 amide bonds. The zero-order chi connectivity index (χ0) is 12.1. The Labute approximate surface area is 93.5 Å². The molecule has 0 heterocycles. The first-order valence-electron chi connectivity index (χ1n) is 5.27. The van der Waals surface area contributed by atoms with Crippen LogP contribution in [-0.4, -0.2) is 0 Å².